The smallest absolute Gasteiger partial charge is 0.164 e. The molecule has 2 nitrogen and oxygen atoms in total. The Morgan fingerprint density at radius 2 is 1.86 bits per heavy atom. The largest absolute Gasteiger partial charge is 0.346 e. The van der Waals surface area contributed by atoms with Crippen molar-refractivity contribution >= 4 is 45.8 Å². The lowest BCUT2D eigenvalue weighted by Crippen LogP contribution is -2.23. The SMILES string of the molecule is Clc1ccc(/N=C2\SCCN2Cc2ccccc2)cc1Cl. The maximum Gasteiger partial charge on any atom is 0.164 e. The fourth-order valence-electron chi connectivity index (χ4n) is 2.15. The first-order chi connectivity index (χ1) is 10.2. The maximum absolute atomic E-state index is 6.04. The summed E-state index contributed by atoms with van der Waals surface area (Å²) in [7, 11) is 0. The molecule has 0 saturated carbocycles. The topological polar surface area (TPSA) is 15.6 Å². The van der Waals surface area contributed by atoms with E-state index in [2.05, 4.69) is 29.2 Å². The molecule has 0 bridgehead atoms. The fraction of sp³-hybridized carbons (Fsp3) is 0.188. The van der Waals surface area contributed by atoms with E-state index in [0.29, 0.717) is 10.0 Å². The lowest BCUT2D eigenvalue weighted by Gasteiger charge is -2.17. The highest BCUT2D eigenvalue weighted by atomic mass is 35.5. The summed E-state index contributed by atoms with van der Waals surface area (Å²) in [5, 5.41) is 2.13. The van der Waals surface area contributed by atoms with Crippen molar-refractivity contribution in [2.24, 2.45) is 4.99 Å². The molecular formula is C16H14Cl2N2S. The van der Waals surface area contributed by atoms with Gasteiger partial charge in [-0.1, -0.05) is 65.3 Å². The molecule has 21 heavy (non-hydrogen) atoms. The summed E-state index contributed by atoms with van der Waals surface area (Å²) in [6, 6.07) is 15.9. The van der Waals surface area contributed by atoms with Crippen LogP contribution in [-0.2, 0) is 6.54 Å². The molecular weight excluding hydrogens is 323 g/mol. The molecule has 0 spiro atoms. The van der Waals surface area contributed by atoms with Gasteiger partial charge in [-0.3, -0.25) is 0 Å². The van der Waals surface area contributed by atoms with Crippen LogP contribution in [0.15, 0.2) is 53.5 Å². The van der Waals surface area contributed by atoms with Crippen LogP contribution in [-0.4, -0.2) is 22.4 Å². The summed E-state index contributed by atoms with van der Waals surface area (Å²) in [6.45, 7) is 1.90. The molecule has 0 radical (unpaired) electrons. The zero-order valence-corrected chi connectivity index (χ0v) is 13.6. The molecule has 1 aliphatic heterocycles. The molecule has 0 aromatic heterocycles. The molecule has 5 heteroatoms. The molecule has 0 atom stereocenters. The summed E-state index contributed by atoms with van der Waals surface area (Å²) in [4.78, 5) is 6.99. The van der Waals surface area contributed by atoms with Crippen LogP contribution in [0.1, 0.15) is 5.56 Å². The van der Waals surface area contributed by atoms with Gasteiger partial charge in [-0.15, -0.1) is 0 Å². The highest BCUT2D eigenvalue weighted by Gasteiger charge is 2.19. The molecule has 1 saturated heterocycles. The predicted molar refractivity (Wildman–Crippen MR) is 92.9 cm³/mol. The maximum atomic E-state index is 6.04. The summed E-state index contributed by atoms with van der Waals surface area (Å²) in [5.74, 6) is 1.06. The first-order valence-electron chi connectivity index (χ1n) is 6.68. The quantitative estimate of drug-likeness (QED) is 0.762. The summed E-state index contributed by atoms with van der Waals surface area (Å²) < 4.78 is 0. The van der Waals surface area contributed by atoms with Crippen molar-refractivity contribution in [3.63, 3.8) is 0 Å². The molecule has 0 unspecified atom stereocenters. The molecule has 0 amide bonds. The van der Waals surface area contributed by atoms with Crippen LogP contribution in [0.2, 0.25) is 10.0 Å². The van der Waals surface area contributed by atoms with Crippen LogP contribution in [0.25, 0.3) is 0 Å². The molecule has 1 heterocycles. The molecule has 1 aliphatic rings. The number of aliphatic imine (C=N–C) groups is 1. The monoisotopic (exact) mass is 336 g/mol. The third-order valence-electron chi connectivity index (χ3n) is 3.21. The van der Waals surface area contributed by atoms with Gasteiger partial charge in [0.25, 0.3) is 0 Å². The van der Waals surface area contributed by atoms with Crippen molar-refractivity contribution in [2.45, 2.75) is 6.54 Å². The number of hydrogen-bond acceptors (Lipinski definition) is 2. The van der Waals surface area contributed by atoms with Gasteiger partial charge in [0.2, 0.25) is 0 Å². The molecule has 0 N–H and O–H groups in total. The van der Waals surface area contributed by atoms with Crippen molar-refractivity contribution < 1.29 is 0 Å². The third-order valence-corrected chi connectivity index (χ3v) is 4.94. The van der Waals surface area contributed by atoms with Crippen molar-refractivity contribution in [1.29, 1.82) is 0 Å². The minimum atomic E-state index is 0.538. The van der Waals surface area contributed by atoms with Gasteiger partial charge < -0.3 is 4.90 Å². The number of rotatable bonds is 3. The molecule has 3 rings (SSSR count). The van der Waals surface area contributed by atoms with Crippen molar-refractivity contribution in [2.75, 3.05) is 12.3 Å². The normalized spacial score (nSPS) is 16.7. The molecule has 2 aromatic rings. The van der Waals surface area contributed by atoms with Gasteiger partial charge in [0, 0.05) is 18.8 Å². The van der Waals surface area contributed by atoms with Crippen LogP contribution >= 0.6 is 35.0 Å². The van der Waals surface area contributed by atoms with Gasteiger partial charge in [-0.2, -0.15) is 0 Å². The van der Waals surface area contributed by atoms with Gasteiger partial charge >= 0.3 is 0 Å². The van der Waals surface area contributed by atoms with E-state index >= 15 is 0 Å². The average Bonchev–Trinajstić information content (AvgIpc) is 2.91. The van der Waals surface area contributed by atoms with Crippen molar-refractivity contribution in [3.8, 4) is 0 Å². The zero-order chi connectivity index (χ0) is 14.7. The summed E-state index contributed by atoms with van der Waals surface area (Å²) in [6.07, 6.45) is 0. The lowest BCUT2D eigenvalue weighted by atomic mass is 10.2. The first-order valence-corrected chi connectivity index (χ1v) is 8.42. The van der Waals surface area contributed by atoms with E-state index < -0.39 is 0 Å². The van der Waals surface area contributed by atoms with Crippen LogP contribution in [0.5, 0.6) is 0 Å². The predicted octanol–water partition coefficient (Wildman–Crippen LogP) is 5.23. The number of benzene rings is 2. The minimum Gasteiger partial charge on any atom is -0.346 e. The number of amidine groups is 1. The van der Waals surface area contributed by atoms with E-state index in [1.165, 1.54) is 5.56 Å². The number of thioether (sulfide) groups is 1. The molecule has 2 aromatic carbocycles. The lowest BCUT2D eigenvalue weighted by molar-refractivity contribution is 0.457. The van der Waals surface area contributed by atoms with Crippen LogP contribution in [0.3, 0.4) is 0 Å². The van der Waals surface area contributed by atoms with E-state index in [4.69, 9.17) is 28.2 Å². The van der Waals surface area contributed by atoms with E-state index in [1.54, 1.807) is 23.9 Å². The Bertz CT molecular complexity index is 659. The van der Waals surface area contributed by atoms with Gasteiger partial charge in [0.05, 0.1) is 15.7 Å². The Labute approximate surface area is 138 Å². The van der Waals surface area contributed by atoms with E-state index in [-0.39, 0.29) is 0 Å². The Balaban J connectivity index is 1.79. The van der Waals surface area contributed by atoms with Gasteiger partial charge in [-0.05, 0) is 23.8 Å². The Morgan fingerprint density at radius 1 is 1.05 bits per heavy atom. The number of halogens is 2. The summed E-state index contributed by atoms with van der Waals surface area (Å²) >= 11 is 13.8. The van der Waals surface area contributed by atoms with Gasteiger partial charge in [0.1, 0.15) is 0 Å². The Morgan fingerprint density at radius 3 is 2.62 bits per heavy atom. The van der Waals surface area contributed by atoms with E-state index in [1.807, 2.05) is 12.1 Å². The van der Waals surface area contributed by atoms with Crippen LogP contribution < -0.4 is 0 Å². The highest BCUT2D eigenvalue weighted by molar-refractivity contribution is 8.14. The second-order valence-electron chi connectivity index (χ2n) is 4.75. The van der Waals surface area contributed by atoms with Crippen molar-refractivity contribution in [3.05, 3.63) is 64.1 Å². The molecule has 0 aliphatic carbocycles. The number of hydrogen-bond donors (Lipinski definition) is 0. The average molecular weight is 337 g/mol. The summed E-state index contributed by atoms with van der Waals surface area (Å²) in [5.41, 5.74) is 2.13. The Kier molecular flexibility index (Phi) is 4.73. The first kappa shape index (κ1) is 14.8. The zero-order valence-electron chi connectivity index (χ0n) is 11.3. The van der Waals surface area contributed by atoms with Gasteiger partial charge in [-0.25, -0.2) is 4.99 Å². The second-order valence-corrected chi connectivity index (χ2v) is 6.62. The highest BCUT2D eigenvalue weighted by Crippen LogP contribution is 2.29. The van der Waals surface area contributed by atoms with Gasteiger partial charge in [0.15, 0.2) is 5.17 Å². The third kappa shape index (κ3) is 3.73. The van der Waals surface area contributed by atoms with Crippen molar-refractivity contribution in [1.82, 2.24) is 4.90 Å². The van der Waals surface area contributed by atoms with Crippen LogP contribution in [0, 0.1) is 0 Å². The fourth-order valence-corrected chi connectivity index (χ4v) is 3.45. The minimum absolute atomic E-state index is 0.538. The molecule has 108 valence electrons. The van der Waals surface area contributed by atoms with E-state index in [9.17, 15) is 0 Å². The molecule has 1 fully saturated rings. The second kappa shape index (κ2) is 6.73. The number of nitrogens with zero attached hydrogens (tertiary/aromatic N) is 2. The standard InChI is InChI=1S/C16H14Cl2N2S/c17-14-7-6-13(10-15(14)18)19-16-20(8-9-21-16)11-12-4-2-1-3-5-12/h1-7,10H,8-9,11H2/b19-16-. The van der Waals surface area contributed by atoms with Crippen LogP contribution in [0.4, 0.5) is 5.69 Å². The van der Waals surface area contributed by atoms with E-state index in [0.717, 1.165) is 29.7 Å². The Hall–Kier alpha value is -1.16.